The molecule has 3 nitrogen and oxygen atoms in total. The van der Waals surface area contributed by atoms with Crippen molar-refractivity contribution in [3.8, 4) is 10.6 Å². The van der Waals surface area contributed by atoms with Gasteiger partial charge in [-0.2, -0.15) is 0 Å². The van der Waals surface area contributed by atoms with E-state index in [9.17, 15) is 5.11 Å². The van der Waals surface area contributed by atoms with E-state index in [1.807, 2.05) is 18.2 Å². The van der Waals surface area contributed by atoms with E-state index in [1.165, 1.54) is 31.2 Å². The third-order valence-electron chi connectivity index (χ3n) is 4.17. The van der Waals surface area contributed by atoms with Crippen molar-refractivity contribution in [2.75, 3.05) is 13.2 Å². The summed E-state index contributed by atoms with van der Waals surface area (Å²) in [5, 5.41) is 12.5. The molecule has 0 spiro atoms. The van der Waals surface area contributed by atoms with Crippen LogP contribution < -0.4 is 0 Å². The summed E-state index contributed by atoms with van der Waals surface area (Å²) >= 11 is 1.70. The summed E-state index contributed by atoms with van der Waals surface area (Å²) in [5.41, 5.74) is 2.31. The molecule has 2 aromatic rings. The predicted octanol–water partition coefficient (Wildman–Crippen LogP) is 3.55. The minimum Gasteiger partial charge on any atom is -0.395 e. The largest absolute Gasteiger partial charge is 0.395 e. The first-order valence-electron chi connectivity index (χ1n) is 7.71. The van der Waals surface area contributed by atoms with E-state index in [0.717, 1.165) is 23.8 Å². The first-order chi connectivity index (χ1) is 10.4. The number of hydrogen-bond acceptors (Lipinski definition) is 4. The number of aromatic nitrogens is 1. The van der Waals surface area contributed by atoms with Crippen molar-refractivity contribution >= 4 is 11.3 Å². The lowest BCUT2D eigenvalue weighted by Gasteiger charge is -2.27. The van der Waals surface area contributed by atoms with Crippen LogP contribution in [0.3, 0.4) is 0 Å². The first-order valence-corrected chi connectivity index (χ1v) is 8.59. The quantitative estimate of drug-likeness (QED) is 0.886. The molecule has 1 aromatic carbocycles. The summed E-state index contributed by atoms with van der Waals surface area (Å²) in [7, 11) is 0. The molecule has 21 heavy (non-hydrogen) atoms. The molecule has 0 saturated heterocycles. The minimum absolute atomic E-state index is 0.228. The summed E-state index contributed by atoms with van der Waals surface area (Å²) in [4.78, 5) is 7.17. The van der Waals surface area contributed by atoms with E-state index in [2.05, 4.69) is 22.4 Å². The van der Waals surface area contributed by atoms with Crippen LogP contribution in [0.4, 0.5) is 0 Å². The average Bonchev–Trinajstić information content (AvgIpc) is 3.19. The maximum atomic E-state index is 9.30. The fourth-order valence-electron chi connectivity index (χ4n) is 3.09. The van der Waals surface area contributed by atoms with Gasteiger partial charge in [-0.1, -0.05) is 43.2 Å². The fraction of sp³-hybridized carbons (Fsp3) is 0.471. The minimum atomic E-state index is 0.228. The highest BCUT2D eigenvalue weighted by molar-refractivity contribution is 7.13. The Kier molecular flexibility index (Phi) is 5.01. The van der Waals surface area contributed by atoms with Gasteiger partial charge in [0.05, 0.1) is 12.3 Å². The van der Waals surface area contributed by atoms with Gasteiger partial charge in [-0.3, -0.25) is 4.90 Å². The fourth-order valence-corrected chi connectivity index (χ4v) is 3.91. The SMILES string of the molecule is OCCN(Cc1csc(-c2ccccc2)n1)C1CCCC1. The lowest BCUT2D eigenvalue weighted by Crippen LogP contribution is -2.35. The molecule has 0 radical (unpaired) electrons. The average molecular weight is 302 g/mol. The van der Waals surface area contributed by atoms with E-state index >= 15 is 0 Å². The molecule has 112 valence electrons. The zero-order chi connectivity index (χ0) is 14.5. The lowest BCUT2D eigenvalue weighted by molar-refractivity contribution is 0.143. The molecule has 4 heteroatoms. The van der Waals surface area contributed by atoms with Crippen LogP contribution in [0.15, 0.2) is 35.7 Å². The Morgan fingerprint density at radius 1 is 1.19 bits per heavy atom. The van der Waals surface area contributed by atoms with Crippen molar-refractivity contribution in [3.63, 3.8) is 0 Å². The smallest absolute Gasteiger partial charge is 0.123 e. The van der Waals surface area contributed by atoms with Crippen LogP contribution in [-0.4, -0.2) is 34.2 Å². The van der Waals surface area contributed by atoms with Crippen LogP contribution in [-0.2, 0) is 6.54 Å². The van der Waals surface area contributed by atoms with Crippen LogP contribution in [0.2, 0.25) is 0 Å². The number of aliphatic hydroxyl groups excluding tert-OH is 1. The highest BCUT2D eigenvalue weighted by atomic mass is 32.1. The van der Waals surface area contributed by atoms with Gasteiger partial charge in [0.25, 0.3) is 0 Å². The number of nitrogens with zero attached hydrogens (tertiary/aromatic N) is 2. The molecular weight excluding hydrogens is 280 g/mol. The Balaban J connectivity index is 1.70. The van der Waals surface area contributed by atoms with Crippen molar-refractivity contribution in [2.24, 2.45) is 0 Å². The van der Waals surface area contributed by atoms with Gasteiger partial charge in [-0.25, -0.2) is 4.98 Å². The van der Waals surface area contributed by atoms with Crippen LogP contribution in [0, 0.1) is 0 Å². The number of rotatable bonds is 6. The number of aliphatic hydroxyl groups is 1. The van der Waals surface area contributed by atoms with Gasteiger partial charge < -0.3 is 5.11 Å². The Morgan fingerprint density at radius 2 is 1.95 bits per heavy atom. The van der Waals surface area contributed by atoms with Crippen molar-refractivity contribution < 1.29 is 5.11 Å². The van der Waals surface area contributed by atoms with Crippen molar-refractivity contribution in [1.29, 1.82) is 0 Å². The van der Waals surface area contributed by atoms with Crippen LogP contribution in [0.1, 0.15) is 31.4 Å². The molecule has 1 heterocycles. The van der Waals surface area contributed by atoms with Crippen LogP contribution in [0.5, 0.6) is 0 Å². The standard InChI is InChI=1S/C17H22N2OS/c20-11-10-19(16-8-4-5-9-16)12-15-13-21-17(18-15)14-6-2-1-3-7-14/h1-3,6-7,13,16,20H,4-5,8-12H2. The zero-order valence-electron chi connectivity index (χ0n) is 12.2. The van der Waals surface area contributed by atoms with Gasteiger partial charge >= 0.3 is 0 Å². The predicted molar refractivity (Wildman–Crippen MR) is 87.3 cm³/mol. The van der Waals surface area contributed by atoms with Gasteiger partial charge in [-0.05, 0) is 12.8 Å². The molecule has 1 aromatic heterocycles. The molecule has 0 unspecified atom stereocenters. The normalized spacial score (nSPS) is 15.9. The molecule has 1 N–H and O–H groups in total. The number of benzene rings is 1. The first kappa shape index (κ1) is 14.7. The summed E-state index contributed by atoms with van der Waals surface area (Å²) in [6, 6.07) is 11.0. The molecule has 1 aliphatic carbocycles. The number of hydrogen-bond donors (Lipinski definition) is 1. The Labute approximate surface area is 130 Å². The highest BCUT2D eigenvalue weighted by Gasteiger charge is 2.22. The topological polar surface area (TPSA) is 36.4 Å². The van der Waals surface area contributed by atoms with E-state index < -0.39 is 0 Å². The van der Waals surface area contributed by atoms with Gasteiger partial charge in [0, 0.05) is 30.1 Å². The third kappa shape index (κ3) is 3.70. The second kappa shape index (κ2) is 7.16. The summed E-state index contributed by atoms with van der Waals surface area (Å²) in [6.07, 6.45) is 5.16. The Hall–Kier alpha value is -1.23. The molecule has 1 saturated carbocycles. The summed E-state index contributed by atoms with van der Waals surface area (Å²) < 4.78 is 0. The Morgan fingerprint density at radius 3 is 2.67 bits per heavy atom. The third-order valence-corrected chi connectivity index (χ3v) is 5.11. The molecule has 3 rings (SSSR count). The molecular formula is C17H22N2OS. The van der Waals surface area contributed by atoms with Crippen molar-refractivity contribution in [3.05, 3.63) is 41.4 Å². The zero-order valence-corrected chi connectivity index (χ0v) is 13.1. The monoisotopic (exact) mass is 302 g/mol. The van der Waals surface area contributed by atoms with Gasteiger partial charge in [0.2, 0.25) is 0 Å². The molecule has 0 aliphatic heterocycles. The van der Waals surface area contributed by atoms with Gasteiger partial charge in [-0.15, -0.1) is 11.3 Å². The summed E-state index contributed by atoms with van der Waals surface area (Å²) in [6.45, 7) is 1.84. The van der Waals surface area contributed by atoms with Gasteiger partial charge in [0.15, 0.2) is 0 Å². The summed E-state index contributed by atoms with van der Waals surface area (Å²) in [5.74, 6) is 0. The maximum absolute atomic E-state index is 9.30. The van der Waals surface area contributed by atoms with E-state index in [4.69, 9.17) is 4.98 Å². The molecule has 1 fully saturated rings. The molecule has 0 amide bonds. The Bertz CT molecular complexity index is 549. The van der Waals surface area contributed by atoms with E-state index in [0.29, 0.717) is 6.04 Å². The van der Waals surface area contributed by atoms with Gasteiger partial charge in [0.1, 0.15) is 5.01 Å². The lowest BCUT2D eigenvalue weighted by atomic mass is 10.2. The van der Waals surface area contributed by atoms with E-state index in [1.54, 1.807) is 11.3 Å². The molecule has 0 atom stereocenters. The second-order valence-electron chi connectivity index (χ2n) is 5.64. The van der Waals surface area contributed by atoms with Crippen LogP contribution >= 0.6 is 11.3 Å². The maximum Gasteiger partial charge on any atom is 0.123 e. The molecule has 1 aliphatic rings. The van der Waals surface area contributed by atoms with Crippen LogP contribution in [0.25, 0.3) is 10.6 Å². The second-order valence-corrected chi connectivity index (χ2v) is 6.50. The molecule has 0 bridgehead atoms. The van der Waals surface area contributed by atoms with Crippen molar-refractivity contribution in [1.82, 2.24) is 9.88 Å². The number of thiazole rings is 1. The van der Waals surface area contributed by atoms with Crippen molar-refractivity contribution in [2.45, 2.75) is 38.3 Å². The highest BCUT2D eigenvalue weighted by Crippen LogP contribution is 2.27. The van der Waals surface area contributed by atoms with E-state index in [-0.39, 0.29) is 6.61 Å².